The largest absolute Gasteiger partial charge is 0.461 e. The molecule has 0 atom stereocenters. The first-order chi connectivity index (χ1) is 10.0. The van der Waals surface area contributed by atoms with E-state index < -0.39 is 5.97 Å². The number of imidazole rings is 1. The number of hydrogen-bond donors (Lipinski definition) is 1. The summed E-state index contributed by atoms with van der Waals surface area (Å²) in [6.45, 7) is 4.14. The van der Waals surface area contributed by atoms with Gasteiger partial charge in [0.25, 0.3) is 11.7 Å². The average Bonchev–Trinajstić information content (AvgIpc) is 3.01. The van der Waals surface area contributed by atoms with Gasteiger partial charge in [-0.05, 0) is 6.92 Å². The molecule has 2 aromatic rings. The second-order valence-corrected chi connectivity index (χ2v) is 5.25. The van der Waals surface area contributed by atoms with Crippen molar-refractivity contribution in [3.8, 4) is 0 Å². The molecule has 1 amide bonds. The van der Waals surface area contributed by atoms with E-state index >= 15 is 0 Å². The Hall–Kier alpha value is -2.22. The molecule has 0 aromatic carbocycles. The molecule has 0 aliphatic carbocycles. The van der Waals surface area contributed by atoms with Crippen molar-refractivity contribution < 1.29 is 18.9 Å². The number of esters is 1. The Labute approximate surface area is 126 Å². The summed E-state index contributed by atoms with van der Waals surface area (Å²) in [6.07, 6.45) is 3.71. The maximum absolute atomic E-state index is 12.0. The molecule has 7 nitrogen and oxygen atoms in total. The molecule has 2 aromatic heterocycles. The molecule has 0 fully saturated rings. The summed E-state index contributed by atoms with van der Waals surface area (Å²) in [5.74, 6) is 0.290. The summed E-state index contributed by atoms with van der Waals surface area (Å²) in [6, 6.07) is 0. The molecular formula is C13H17N4O3S+. The standard InChI is InChI=1S/C13H16N4O3S/c1-4-20-12(19)10-8-21-13(14-10)15-11(18)7-17-6-5-16(3)9(17)2/h5-6,8H,4,7H2,1-3H3/p+1. The Morgan fingerprint density at radius 3 is 2.90 bits per heavy atom. The lowest BCUT2D eigenvalue weighted by Gasteiger charge is -2.00. The van der Waals surface area contributed by atoms with Gasteiger partial charge < -0.3 is 4.74 Å². The summed E-state index contributed by atoms with van der Waals surface area (Å²) >= 11 is 1.19. The van der Waals surface area contributed by atoms with Crippen LogP contribution in [-0.4, -0.2) is 28.0 Å². The van der Waals surface area contributed by atoms with E-state index in [4.69, 9.17) is 4.74 Å². The highest BCUT2D eigenvalue weighted by molar-refractivity contribution is 7.14. The van der Waals surface area contributed by atoms with Gasteiger partial charge in [-0.25, -0.2) is 18.9 Å². The van der Waals surface area contributed by atoms with Gasteiger partial charge in [0, 0.05) is 12.3 Å². The molecule has 0 bridgehead atoms. The topological polar surface area (TPSA) is 77.1 Å². The van der Waals surface area contributed by atoms with Crippen LogP contribution in [0, 0.1) is 6.92 Å². The Bertz CT molecular complexity index is 662. The maximum Gasteiger partial charge on any atom is 0.357 e. The number of anilines is 1. The molecule has 2 rings (SSSR count). The van der Waals surface area contributed by atoms with Crippen LogP contribution in [-0.2, 0) is 23.1 Å². The lowest BCUT2D eigenvalue weighted by Crippen LogP contribution is -2.31. The fourth-order valence-corrected chi connectivity index (χ4v) is 2.41. The van der Waals surface area contributed by atoms with E-state index in [1.165, 1.54) is 11.3 Å². The highest BCUT2D eigenvalue weighted by atomic mass is 32.1. The van der Waals surface area contributed by atoms with Crippen LogP contribution in [0.1, 0.15) is 23.2 Å². The van der Waals surface area contributed by atoms with Crippen molar-refractivity contribution in [2.24, 2.45) is 7.05 Å². The van der Waals surface area contributed by atoms with Crippen LogP contribution in [0.4, 0.5) is 5.13 Å². The molecular weight excluding hydrogens is 292 g/mol. The van der Waals surface area contributed by atoms with Crippen LogP contribution in [0.15, 0.2) is 17.8 Å². The number of ether oxygens (including phenoxy) is 1. The molecule has 0 aliphatic heterocycles. The number of carbonyl (C=O) groups is 2. The number of carbonyl (C=O) groups excluding carboxylic acids is 2. The second-order valence-electron chi connectivity index (χ2n) is 4.39. The third kappa shape index (κ3) is 3.66. The zero-order valence-electron chi connectivity index (χ0n) is 12.1. The molecule has 0 unspecified atom stereocenters. The Balaban J connectivity index is 1.97. The normalized spacial score (nSPS) is 10.4. The molecule has 0 saturated carbocycles. The van der Waals surface area contributed by atoms with Gasteiger partial charge in [0.2, 0.25) is 0 Å². The summed E-state index contributed by atoms with van der Waals surface area (Å²) in [5, 5.41) is 4.63. The zero-order valence-corrected chi connectivity index (χ0v) is 12.9. The van der Waals surface area contributed by atoms with Gasteiger partial charge in [-0.2, -0.15) is 0 Å². The van der Waals surface area contributed by atoms with Crippen molar-refractivity contribution in [2.75, 3.05) is 11.9 Å². The highest BCUT2D eigenvalue weighted by Gasteiger charge is 2.16. The number of aryl methyl sites for hydroxylation is 1. The lowest BCUT2D eigenvalue weighted by atomic mass is 10.5. The minimum atomic E-state index is -0.484. The third-order valence-corrected chi connectivity index (χ3v) is 3.70. The SMILES string of the molecule is CCOC(=O)c1csc(NC(=O)Cn2cc[n+](C)c2C)n1. The number of nitrogens with zero attached hydrogens (tertiary/aromatic N) is 3. The van der Waals surface area contributed by atoms with Gasteiger partial charge in [0.05, 0.1) is 13.7 Å². The number of thiazole rings is 1. The van der Waals surface area contributed by atoms with Crippen LogP contribution in [0.25, 0.3) is 0 Å². The zero-order chi connectivity index (χ0) is 15.4. The van der Waals surface area contributed by atoms with Crippen LogP contribution < -0.4 is 9.88 Å². The number of hydrogen-bond acceptors (Lipinski definition) is 5. The predicted octanol–water partition coefficient (Wildman–Crippen LogP) is 0.893. The van der Waals surface area contributed by atoms with Crippen molar-refractivity contribution in [3.05, 3.63) is 29.3 Å². The minimum absolute atomic E-state index is 0.195. The average molecular weight is 309 g/mol. The molecule has 2 heterocycles. The van der Waals surface area contributed by atoms with Crippen molar-refractivity contribution in [2.45, 2.75) is 20.4 Å². The van der Waals surface area contributed by atoms with E-state index in [0.29, 0.717) is 11.7 Å². The van der Waals surface area contributed by atoms with E-state index in [2.05, 4.69) is 10.3 Å². The molecule has 0 aliphatic rings. The number of nitrogens with one attached hydrogen (secondary N) is 1. The quantitative estimate of drug-likeness (QED) is 0.657. The monoisotopic (exact) mass is 309 g/mol. The Morgan fingerprint density at radius 2 is 2.29 bits per heavy atom. The first-order valence-electron chi connectivity index (χ1n) is 6.45. The van der Waals surface area contributed by atoms with Crippen molar-refractivity contribution in [3.63, 3.8) is 0 Å². The molecule has 8 heteroatoms. The highest BCUT2D eigenvalue weighted by Crippen LogP contribution is 2.16. The first-order valence-corrected chi connectivity index (χ1v) is 7.33. The van der Waals surface area contributed by atoms with Gasteiger partial charge in [-0.3, -0.25) is 10.1 Å². The Kier molecular flexibility index (Phi) is 4.69. The van der Waals surface area contributed by atoms with Crippen LogP contribution in [0.3, 0.4) is 0 Å². The molecule has 1 N–H and O–H groups in total. The number of amides is 1. The third-order valence-electron chi connectivity index (χ3n) is 2.95. The number of aromatic nitrogens is 3. The van der Waals surface area contributed by atoms with Gasteiger partial charge in [-0.15, -0.1) is 11.3 Å². The molecule has 21 heavy (non-hydrogen) atoms. The molecule has 112 valence electrons. The summed E-state index contributed by atoms with van der Waals surface area (Å²) in [4.78, 5) is 27.5. The lowest BCUT2D eigenvalue weighted by molar-refractivity contribution is -0.677. The first kappa shape index (κ1) is 15.2. The van der Waals surface area contributed by atoms with Gasteiger partial charge in [0.1, 0.15) is 12.4 Å². The van der Waals surface area contributed by atoms with Crippen LogP contribution >= 0.6 is 11.3 Å². The summed E-state index contributed by atoms with van der Waals surface area (Å²) in [7, 11) is 1.91. The summed E-state index contributed by atoms with van der Waals surface area (Å²) < 4.78 is 8.60. The van der Waals surface area contributed by atoms with Crippen molar-refractivity contribution in [1.82, 2.24) is 9.55 Å². The van der Waals surface area contributed by atoms with Gasteiger partial charge in [0.15, 0.2) is 17.4 Å². The molecule has 0 spiro atoms. The fourth-order valence-electron chi connectivity index (χ4n) is 1.71. The Morgan fingerprint density at radius 1 is 1.52 bits per heavy atom. The molecule has 0 radical (unpaired) electrons. The van der Waals surface area contributed by atoms with Crippen molar-refractivity contribution >= 4 is 28.3 Å². The smallest absolute Gasteiger partial charge is 0.357 e. The summed E-state index contributed by atoms with van der Waals surface area (Å²) in [5.41, 5.74) is 0.209. The van der Waals surface area contributed by atoms with E-state index in [1.807, 2.05) is 35.5 Å². The fraction of sp³-hybridized carbons (Fsp3) is 0.385. The minimum Gasteiger partial charge on any atom is -0.461 e. The van der Waals surface area contributed by atoms with E-state index in [9.17, 15) is 9.59 Å². The van der Waals surface area contributed by atoms with Gasteiger partial charge >= 0.3 is 5.97 Å². The van der Waals surface area contributed by atoms with Crippen LogP contribution in [0.5, 0.6) is 0 Å². The maximum atomic E-state index is 12.0. The predicted molar refractivity (Wildman–Crippen MR) is 77.0 cm³/mol. The van der Waals surface area contributed by atoms with E-state index in [-0.39, 0.29) is 18.1 Å². The van der Waals surface area contributed by atoms with Gasteiger partial charge in [-0.1, -0.05) is 0 Å². The van der Waals surface area contributed by atoms with Crippen molar-refractivity contribution in [1.29, 1.82) is 0 Å². The molecule has 0 saturated heterocycles. The van der Waals surface area contributed by atoms with Crippen LogP contribution in [0.2, 0.25) is 0 Å². The van der Waals surface area contributed by atoms with E-state index in [1.54, 1.807) is 12.3 Å². The number of rotatable bonds is 5. The van der Waals surface area contributed by atoms with E-state index in [0.717, 1.165) is 5.82 Å². The second kappa shape index (κ2) is 6.49.